The first-order valence-electron chi connectivity index (χ1n) is 2.79. The molecule has 0 saturated carbocycles. The average molecular weight is 206 g/mol. The fourth-order valence-corrected chi connectivity index (χ4v) is 1.60. The van der Waals surface area contributed by atoms with Crippen molar-refractivity contribution in [2.75, 3.05) is 0 Å². The summed E-state index contributed by atoms with van der Waals surface area (Å²) in [5.41, 5.74) is -1.12. The summed E-state index contributed by atoms with van der Waals surface area (Å²) in [5, 5.41) is 10.6. The van der Waals surface area contributed by atoms with Crippen molar-refractivity contribution < 1.29 is 0 Å². The van der Waals surface area contributed by atoms with E-state index < -0.39 is 11.2 Å². The van der Waals surface area contributed by atoms with E-state index in [2.05, 4.69) is 4.98 Å². The van der Waals surface area contributed by atoms with Gasteiger partial charge in [0.05, 0.1) is 0 Å². The maximum Gasteiger partial charge on any atom is 0.326 e. The van der Waals surface area contributed by atoms with Crippen LogP contribution in [-0.4, -0.2) is 9.97 Å². The molecule has 6 N–H and O–H groups in total. The number of nitrogens with two attached hydrogens (primary N) is 2. The Kier molecular flexibility index (Phi) is 2.98. The molecule has 66 valence electrons. The molecule has 0 fully saturated rings. The van der Waals surface area contributed by atoms with Crippen molar-refractivity contribution in [1.82, 2.24) is 9.97 Å². The van der Waals surface area contributed by atoms with Crippen LogP contribution in [0.2, 0.25) is 0 Å². The third-order valence-corrected chi connectivity index (χ3v) is 2.40. The number of hydrogen-bond acceptors (Lipinski definition) is 6. The van der Waals surface area contributed by atoms with Gasteiger partial charge in [-0.1, -0.05) is 0 Å². The van der Waals surface area contributed by atoms with Gasteiger partial charge in [0.15, 0.2) is 0 Å². The van der Waals surface area contributed by atoms with Crippen LogP contribution in [0, 0.1) is 0 Å². The van der Waals surface area contributed by atoms with E-state index in [9.17, 15) is 9.59 Å². The van der Waals surface area contributed by atoms with Gasteiger partial charge in [-0.3, -0.25) is 25.0 Å². The van der Waals surface area contributed by atoms with Gasteiger partial charge in [-0.25, -0.2) is 4.79 Å². The minimum atomic E-state index is -0.592. The van der Waals surface area contributed by atoms with E-state index >= 15 is 0 Å². The SMILES string of the molecule is NSc1[nH]c(=O)[nH]c(=O)c1SN. The molecule has 0 amide bonds. The molecular weight excluding hydrogens is 200 g/mol. The first-order chi connectivity index (χ1) is 5.69. The highest BCUT2D eigenvalue weighted by atomic mass is 32.2. The lowest BCUT2D eigenvalue weighted by atomic mass is 10.6. The highest BCUT2D eigenvalue weighted by Gasteiger charge is 2.07. The Morgan fingerprint density at radius 3 is 2.25 bits per heavy atom. The number of rotatable bonds is 2. The van der Waals surface area contributed by atoms with Gasteiger partial charge in [0.1, 0.15) is 9.92 Å². The third-order valence-electron chi connectivity index (χ3n) is 1.10. The van der Waals surface area contributed by atoms with Crippen LogP contribution in [-0.2, 0) is 0 Å². The normalized spacial score (nSPS) is 10.2. The predicted molar refractivity (Wildman–Crippen MR) is 47.8 cm³/mol. The Morgan fingerprint density at radius 2 is 1.75 bits per heavy atom. The van der Waals surface area contributed by atoms with Crippen LogP contribution in [0.1, 0.15) is 0 Å². The molecule has 1 aromatic heterocycles. The molecule has 8 heteroatoms. The first kappa shape index (κ1) is 9.39. The van der Waals surface area contributed by atoms with Crippen LogP contribution in [0.25, 0.3) is 0 Å². The lowest BCUT2D eigenvalue weighted by Crippen LogP contribution is -2.25. The fourth-order valence-electron chi connectivity index (χ4n) is 0.644. The van der Waals surface area contributed by atoms with E-state index in [0.717, 1.165) is 23.9 Å². The summed E-state index contributed by atoms with van der Waals surface area (Å²) in [7, 11) is 0. The summed E-state index contributed by atoms with van der Waals surface area (Å²) in [4.78, 5) is 26.3. The zero-order valence-corrected chi connectivity index (χ0v) is 7.42. The van der Waals surface area contributed by atoms with Crippen LogP contribution in [0.15, 0.2) is 19.5 Å². The third kappa shape index (κ3) is 1.72. The average Bonchev–Trinajstić information content (AvgIpc) is 2.03. The van der Waals surface area contributed by atoms with E-state index in [1.165, 1.54) is 0 Å². The second-order valence-corrected chi connectivity index (χ2v) is 3.09. The van der Waals surface area contributed by atoms with Gasteiger partial charge >= 0.3 is 5.69 Å². The summed E-state index contributed by atoms with van der Waals surface area (Å²) in [5.74, 6) is 0. The molecule has 0 unspecified atom stereocenters. The van der Waals surface area contributed by atoms with Crippen LogP contribution in [0.3, 0.4) is 0 Å². The summed E-state index contributed by atoms with van der Waals surface area (Å²) < 4.78 is 0. The van der Waals surface area contributed by atoms with Gasteiger partial charge in [-0.05, 0) is 23.9 Å². The highest BCUT2D eigenvalue weighted by Crippen LogP contribution is 2.15. The summed E-state index contributed by atoms with van der Waals surface area (Å²) in [6.07, 6.45) is 0. The minimum absolute atomic E-state index is 0.210. The van der Waals surface area contributed by atoms with Crippen molar-refractivity contribution in [3.8, 4) is 0 Å². The number of aromatic amines is 2. The standard InChI is InChI=1S/C4H6N4O2S2/c5-11-1-2(9)7-4(10)8-3(1)12-6/h5-6H2,(H2,7,8,9,10). The molecule has 0 radical (unpaired) electrons. The molecule has 0 aliphatic rings. The molecule has 1 heterocycles. The van der Waals surface area contributed by atoms with Crippen molar-refractivity contribution in [3.05, 3.63) is 20.8 Å². The molecule has 0 aliphatic heterocycles. The Labute approximate surface area is 75.4 Å². The number of aromatic nitrogens is 2. The molecule has 0 bridgehead atoms. The van der Waals surface area contributed by atoms with Gasteiger partial charge in [-0.15, -0.1) is 0 Å². The predicted octanol–water partition coefficient (Wildman–Crippen LogP) is -1.01. The number of hydrogen-bond donors (Lipinski definition) is 4. The van der Waals surface area contributed by atoms with Crippen LogP contribution in [0.5, 0.6) is 0 Å². The lowest BCUT2D eigenvalue weighted by molar-refractivity contribution is 0.875. The highest BCUT2D eigenvalue weighted by molar-refractivity contribution is 8.00. The first-order valence-corrected chi connectivity index (χ1v) is 4.55. The number of nitrogens with one attached hydrogen (secondary N) is 2. The van der Waals surface area contributed by atoms with Crippen molar-refractivity contribution in [1.29, 1.82) is 0 Å². The molecular formula is C4H6N4O2S2. The second-order valence-electron chi connectivity index (χ2n) is 1.80. The van der Waals surface area contributed by atoms with Crippen molar-refractivity contribution >= 4 is 23.9 Å². The molecule has 0 saturated heterocycles. The summed E-state index contributed by atoms with van der Waals surface area (Å²) in [6, 6.07) is 0. The quantitative estimate of drug-likeness (QED) is 0.364. The van der Waals surface area contributed by atoms with Gasteiger partial charge in [-0.2, -0.15) is 0 Å². The zero-order chi connectivity index (χ0) is 9.14. The fraction of sp³-hybridized carbons (Fsp3) is 0. The monoisotopic (exact) mass is 206 g/mol. The summed E-state index contributed by atoms with van der Waals surface area (Å²) in [6.45, 7) is 0. The Hall–Kier alpha value is -0.700. The maximum absolute atomic E-state index is 11.0. The molecule has 0 atom stereocenters. The molecule has 1 rings (SSSR count). The Morgan fingerprint density at radius 1 is 1.08 bits per heavy atom. The van der Waals surface area contributed by atoms with E-state index in [1.807, 2.05) is 4.98 Å². The Balaban J connectivity index is 3.44. The van der Waals surface area contributed by atoms with E-state index in [0.29, 0.717) is 0 Å². The van der Waals surface area contributed by atoms with Crippen LogP contribution < -0.4 is 21.5 Å². The van der Waals surface area contributed by atoms with E-state index in [4.69, 9.17) is 10.3 Å². The van der Waals surface area contributed by atoms with Gasteiger partial charge in [0.2, 0.25) is 0 Å². The molecule has 0 aliphatic carbocycles. The minimum Gasteiger partial charge on any atom is -0.300 e. The Bertz CT molecular complexity index is 383. The van der Waals surface area contributed by atoms with Gasteiger partial charge in [0.25, 0.3) is 5.56 Å². The largest absolute Gasteiger partial charge is 0.326 e. The van der Waals surface area contributed by atoms with Gasteiger partial charge in [0, 0.05) is 0 Å². The van der Waals surface area contributed by atoms with Crippen molar-refractivity contribution in [2.45, 2.75) is 9.92 Å². The van der Waals surface area contributed by atoms with E-state index in [1.54, 1.807) is 0 Å². The second kappa shape index (κ2) is 3.81. The number of H-pyrrole nitrogens is 2. The van der Waals surface area contributed by atoms with Crippen LogP contribution >= 0.6 is 23.9 Å². The maximum atomic E-state index is 11.0. The molecule has 0 spiro atoms. The topological polar surface area (TPSA) is 118 Å². The molecule has 1 aromatic rings. The van der Waals surface area contributed by atoms with Gasteiger partial charge < -0.3 is 0 Å². The van der Waals surface area contributed by atoms with E-state index in [-0.39, 0.29) is 9.92 Å². The molecule has 12 heavy (non-hydrogen) atoms. The molecule has 0 aromatic carbocycles. The van der Waals surface area contributed by atoms with Crippen molar-refractivity contribution in [3.63, 3.8) is 0 Å². The lowest BCUT2D eigenvalue weighted by Gasteiger charge is -1.99. The molecule has 6 nitrogen and oxygen atoms in total. The zero-order valence-electron chi connectivity index (χ0n) is 5.79. The van der Waals surface area contributed by atoms with Crippen LogP contribution in [0.4, 0.5) is 0 Å². The smallest absolute Gasteiger partial charge is 0.300 e. The summed E-state index contributed by atoms with van der Waals surface area (Å²) >= 11 is 1.51. The van der Waals surface area contributed by atoms with Crippen molar-refractivity contribution in [2.24, 2.45) is 10.3 Å².